The van der Waals surface area contributed by atoms with Crippen molar-refractivity contribution in [3.05, 3.63) is 64.1 Å². The topological polar surface area (TPSA) is 70.7 Å². The van der Waals surface area contributed by atoms with Crippen molar-refractivity contribution in [3.8, 4) is 0 Å². The summed E-state index contributed by atoms with van der Waals surface area (Å²) >= 11 is 3.40. The summed E-state index contributed by atoms with van der Waals surface area (Å²) in [6.45, 7) is 3.98. The van der Waals surface area contributed by atoms with Gasteiger partial charge in [-0.3, -0.25) is 4.79 Å². The predicted octanol–water partition coefficient (Wildman–Crippen LogP) is 3.48. The van der Waals surface area contributed by atoms with Gasteiger partial charge < -0.3 is 20.3 Å². The van der Waals surface area contributed by atoms with Crippen molar-refractivity contribution in [1.29, 1.82) is 0 Å². The molecule has 1 heterocycles. The van der Waals surface area contributed by atoms with Crippen molar-refractivity contribution in [2.24, 2.45) is 0 Å². The highest BCUT2D eigenvalue weighted by Crippen LogP contribution is 2.21. The lowest BCUT2D eigenvalue weighted by atomic mass is 10.1. The van der Waals surface area contributed by atoms with Gasteiger partial charge in [-0.1, -0.05) is 52.3 Å². The van der Waals surface area contributed by atoms with Crippen molar-refractivity contribution in [3.63, 3.8) is 0 Å². The van der Waals surface area contributed by atoms with Crippen LogP contribution in [-0.4, -0.2) is 43.1 Å². The standard InChI is InChI=1S/C20H22BrN3O3/c1-14-7-8-16(21)13-17(14)22-20(26)23-18(15-5-3-2-4-6-15)19(25)24-9-11-27-12-10-24/h2-8,13,18H,9-12H2,1H3,(H2,22,23,26)/t18-/m1/s1. The van der Waals surface area contributed by atoms with Gasteiger partial charge in [0.1, 0.15) is 6.04 Å². The quantitative estimate of drug-likeness (QED) is 0.778. The summed E-state index contributed by atoms with van der Waals surface area (Å²) in [5.41, 5.74) is 2.37. The molecule has 0 radical (unpaired) electrons. The fourth-order valence-corrected chi connectivity index (χ4v) is 3.28. The second-order valence-electron chi connectivity index (χ2n) is 6.34. The van der Waals surface area contributed by atoms with E-state index in [1.807, 2.05) is 55.5 Å². The van der Waals surface area contributed by atoms with Crippen LogP contribution in [0.4, 0.5) is 10.5 Å². The van der Waals surface area contributed by atoms with Gasteiger partial charge in [0.2, 0.25) is 5.91 Å². The maximum Gasteiger partial charge on any atom is 0.320 e. The molecule has 0 spiro atoms. The molecule has 1 atom stereocenters. The van der Waals surface area contributed by atoms with Crippen LogP contribution in [0.25, 0.3) is 0 Å². The molecule has 0 aliphatic carbocycles. The number of halogens is 1. The fourth-order valence-electron chi connectivity index (χ4n) is 2.92. The summed E-state index contributed by atoms with van der Waals surface area (Å²) in [4.78, 5) is 27.4. The number of carbonyl (C=O) groups is 2. The maximum atomic E-state index is 13.0. The summed E-state index contributed by atoms with van der Waals surface area (Å²) in [5, 5.41) is 5.66. The van der Waals surface area contributed by atoms with Crippen molar-refractivity contribution in [1.82, 2.24) is 10.2 Å². The smallest absolute Gasteiger partial charge is 0.320 e. The van der Waals surface area contributed by atoms with Crippen molar-refractivity contribution >= 4 is 33.6 Å². The van der Waals surface area contributed by atoms with Crippen LogP contribution in [-0.2, 0) is 9.53 Å². The number of nitrogens with zero attached hydrogens (tertiary/aromatic N) is 1. The minimum atomic E-state index is -0.753. The Bertz CT molecular complexity index is 807. The molecule has 1 aliphatic rings. The number of carbonyl (C=O) groups excluding carboxylic acids is 2. The summed E-state index contributed by atoms with van der Waals surface area (Å²) in [7, 11) is 0. The third-order valence-corrected chi connectivity index (χ3v) is 4.92. The SMILES string of the molecule is Cc1ccc(Br)cc1NC(=O)N[C@@H](C(=O)N1CCOCC1)c1ccccc1. The van der Waals surface area contributed by atoms with Gasteiger partial charge in [0, 0.05) is 23.2 Å². The van der Waals surface area contributed by atoms with Gasteiger partial charge in [0.15, 0.2) is 0 Å². The van der Waals surface area contributed by atoms with Crippen LogP contribution in [0, 0.1) is 6.92 Å². The van der Waals surface area contributed by atoms with Gasteiger partial charge in [-0.15, -0.1) is 0 Å². The highest BCUT2D eigenvalue weighted by Gasteiger charge is 2.28. The number of benzene rings is 2. The minimum absolute atomic E-state index is 0.134. The average molecular weight is 432 g/mol. The largest absolute Gasteiger partial charge is 0.378 e. The molecule has 2 aromatic rings. The Morgan fingerprint density at radius 3 is 2.52 bits per heavy atom. The van der Waals surface area contributed by atoms with Crippen LogP contribution in [0.3, 0.4) is 0 Å². The Kier molecular flexibility index (Phi) is 6.47. The van der Waals surface area contributed by atoms with Crippen LogP contribution in [0.1, 0.15) is 17.2 Å². The summed E-state index contributed by atoms with van der Waals surface area (Å²) in [5.74, 6) is -0.134. The van der Waals surface area contributed by atoms with Crippen LogP contribution >= 0.6 is 15.9 Å². The van der Waals surface area contributed by atoms with Gasteiger partial charge >= 0.3 is 6.03 Å². The lowest BCUT2D eigenvalue weighted by Gasteiger charge is -2.31. The molecule has 2 aromatic carbocycles. The molecule has 0 bridgehead atoms. The molecule has 3 rings (SSSR count). The van der Waals surface area contributed by atoms with Gasteiger partial charge in [0.25, 0.3) is 0 Å². The van der Waals surface area contributed by atoms with Crippen LogP contribution < -0.4 is 10.6 Å². The van der Waals surface area contributed by atoms with Crippen LogP contribution in [0.15, 0.2) is 53.0 Å². The zero-order valence-electron chi connectivity index (χ0n) is 15.1. The third-order valence-electron chi connectivity index (χ3n) is 4.43. The Morgan fingerprint density at radius 2 is 1.81 bits per heavy atom. The first-order valence-corrected chi connectivity index (χ1v) is 9.59. The summed E-state index contributed by atoms with van der Waals surface area (Å²) < 4.78 is 6.19. The Balaban J connectivity index is 1.77. The average Bonchev–Trinajstić information content (AvgIpc) is 2.70. The first kappa shape index (κ1) is 19.4. The molecule has 142 valence electrons. The van der Waals surface area contributed by atoms with E-state index in [1.165, 1.54) is 0 Å². The molecule has 1 fully saturated rings. The fraction of sp³-hybridized carbons (Fsp3) is 0.300. The second kappa shape index (κ2) is 9.01. The van der Waals surface area contributed by atoms with E-state index in [2.05, 4.69) is 26.6 Å². The van der Waals surface area contributed by atoms with E-state index >= 15 is 0 Å². The molecular formula is C20H22BrN3O3. The highest BCUT2D eigenvalue weighted by atomic mass is 79.9. The third kappa shape index (κ3) is 5.08. The number of amides is 3. The van der Waals surface area contributed by atoms with Crippen molar-refractivity contribution < 1.29 is 14.3 Å². The number of morpholine rings is 1. The van der Waals surface area contributed by atoms with Gasteiger partial charge in [-0.2, -0.15) is 0 Å². The molecule has 1 saturated heterocycles. The highest BCUT2D eigenvalue weighted by molar-refractivity contribution is 9.10. The molecule has 1 aliphatic heterocycles. The normalized spacial score (nSPS) is 15.1. The molecule has 7 heteroatoms. The first-order chi connectivity index (χ1) is 13.0. The molecule has 2 N–H and O–H groups in total. The number of urea groups is 1. The van der Waals surface area contributed by atoms with E-state index in [0.29, 0.717) is 32.0 Å². The zero-order chi connectivity index (χ0) is 19.2. The molecular weight excluding hydrogens is 410 g/mol. The monoisotopic (exact) mass is 431 g/mol. The summed E-state index contributed by atoms with van der Waals surface area (Å²) in [6, 6.07) is 13.7. The van der Waals surface area contributed by atoms with E-state index in [-0.39, 0.29) is 5.91 Å². The predicted molar refractivity (Wildman–Crippen MR) is 108 cm³/mol. The van der Waals surface area contributed by atoms with E-state index in [1.54, 1.807) is 4.90 Å². The number of anilines is 1. The molecule has 3 amide bonds. The van der Waals surface area contributed by atoms with E-state index in [0.717, 1.165) is 15.6 Å². The van der Waals surface area contributed by atoms with Crippen LogP contribution in [0.2, 0.25) is 0 Å². The molecule has 27 heavy (non-hydrogen) atoms. The number of rotatable bonds is 4. The van der Waals surface area contributed by atoms with E-state index in [9.17, 15) is 9.59 Å². The molecule has 6 nitrogen and oxygen atoms in total. The Hall–Kier alpha value is -2.38. The lowest BCUT2D eigenvalue weighted by Crippen LogP contribution is -2.48. The minimum Gasteiger partial charge on any atom is -0.378 e. The number of hydrogen-bond acceptors (Lipinski definition) is 3. The first-order valence-electron chi connectivity index (χ1n) is 8.80. The second-order valence-corrected chi connectivity index (χ2v) is 7.25. The number of ether oxygens (including phenoxy) is 1. The molecule has 0 saturated carbocycles. The van der Waals surface area contributed by atoms with Crippen molar-refractivity contribution in [2.75, 3.05) is 31.6 Å². The zero-order valence-corrected chi connectivity index (χ0v) is 16.7. The van der Waals surface area contributed by atoms with Gasteiger partial charge in [-0.05, 0) is 30.2 Å². The van der Waals surface area contributed by atoms with Crippen molar-refractivity contribution in [2.45, 2.75) is 13.0 Å². The van der Waals surface area contributed by atoms with Gasteiger partial charge in [-0.25, -0.2) is 4.79 Å². The number of hydrogen-bond donors (Lipinski definition) is 2. The maximum absolute atomic E-state index is 13.0. The van der Waals surface area contributed by atoms with E-state index < -0.39 is 12.1 Å². The number of nitrogens with one attached hydrogen (secondary N) is 2. The van der Waals surface area contributed by atoms with Gasteiger partial charge in [0.05, 0.1) is 13.2 Å². The number of aryl methyl sites for hydroxylation is 1. The lowest BCUT2D eigenvalue weighted by molar-refractivity contribution is -0.137. The van der Waals surface area contributed by atoms with E-state index in [4.69, 9.17) is 4.74 Å². The summed E-state index contributed by atoms with van der Waals surface area (Å²) in [6.07, 6.45) is 0. The molecule has 0 aromatic heterocycles. The molecule has 0 unspecified atom stereocenters. The Morgan fingerprint density at radius 1 is 1.11 bits per heavy atom. The van der Waals surface area contributed by atoms with Crippen LogP contribution in [0.5, 0.6) is 0 Å². The Labute approximate surface area is 167 Å².